The average molecular weight is 375 g/mol. The van der Waals surface area contributed by atoms with Gasteiger partial charge >= 0.3 is 0 Å². The molecule has 0 unspecified atom stereocenters. The molecule has 28 heavy (non-hydrogen) atoms. The average Bonchev–Trinajstić information content (AvgIpc) is 3.39. The Morgan fingerprint density at radius 3 is 2.89 bits per heavy atom. The van der Waals surface area contributed by atoms with Crippen LogP contribution in [-0.2, 0) is 11.2 Å². The highest BCUT2D eigenvalue weighted by Gasteiger charge is 2.31. The second kappa shape index (κ2) is 7.92. The van der Waals surface area contributed by atoms with E-state index in [1.54, 1.807) is 12.4 Å². The Morgan fingerprint density at radius 2 is 2.11 bits per heavy atom. The molecule has 6 nitrogen and oxygen atoms in total. The first-order valence-electron chi connectivity index (χ1n) is 9.82. The quantitative estimate of drug-likeness (QED) is 0.682. The summed E-state index contributed by atoms with van der Waals surface area (Å²) in [7, 11) is 0. The van der Waals surface area contributed by atoms with E-state index in [4.69, 9.17) is 4.98 Å². The maximum atomic E-state index is 12.9. The molecule has 0 saturated carbocycles. The largest absolute Gasteiger partial charge is 0.334 e. The van der Waals surface area contributed by atoms with Crippen molar-refractivity contribution >= 4 is 5.91 Å². The molecule has 144 valence electrons. The molecule has 1 aliphatic heterocycles. The Labute approximate surface area is 165 Å². The van der Waals surface area contributed by atoms with Gasteiger partial charge in [0.15, 0.2) is 0 Å². The predicted octanol–water partition coefficient (Wildman–Crippen LogP) is 3.69. The van der Waals surface area contributed by atoms with Crippen molar-refractivity contribution in [1.82, 2.24) is 24.4 Å². The fourth-order valence-electron chi connectivity index (χ4n) is 3.85. The minimum Gasteiger partial charge on any atom is -0.334 e. The van der Waals surface area contributed by atoms with Crippen molar-refractivity contribution in [2.24, 2.45) is 0 Å². The number of nitrogens with zero attached hydrogens (tertiary/aromatic N) is 5. The highest BCUT2D eigenvalue weighted by molar-refractivity contribution is 5.79. The van der Waals surface area contributed by atoms with Crippen LogP contribution in [0.5, 0.6) is 0 Å². The lowest BCUT2D eigenvalue weighted by molar-refractivity contribution is -0.131. The molecule has 3 aromatic rings. The summed E-state index contributed by atoms with van der Waals surface area (Å²) in [6.45, 7) is 5.02. The number of rotatable bonds is 5. The fraction of sp³-hybridized carbons (Fsp3) is 0.364. The van der Waals surface area contributed by atoms with Gasteiger partial charge in [-0.15, -0.1) is 0 Å². The van der Waals surface area contributed by atoms with E-state index in [0.717, 1.165) is 42.3 Å². The number of amides is 1. The van der Waals surface area contributed by atoms with Crippen LogP contribution in [0, 0.1) is 0 Å². The molecule has 0 spiro atoms. The molecule has 0 bridgehead atoms. The van der Waals surface area contributed by atoms with Gasteiger partial charge in [0.1, 0.15) is 11.6 Å². The number of aromatic nitrogens is 4. The zero-order valence-corrected chi connectivity index (χ0v) is 16.3. The Hall–Kier alpha value is -3.02. The number of hydrogen-bond donors (Lipinski definition) is 0. The van der Waals surface area contributed by atoms with Gasteiger partial charge in [-0.05, 0) is 36.6 Å². The highest BCUT2D eigenvalue weighted by atomic mass is 16.2. The molecule has 4 rings (SSSR count). The first kappa shape index (κ1) is 18.3. The third-order valence-corrected chi connectivity index (χ3v) is 5.18. The third-order valence-electron chi connectivity index (χ3n) is 5.18. The second-order valence-electron chi connectivity index (χ2n) is 7.51. The van der Waals surface area contributed by atoms with Gasteiger partial charge in [0.2, 0.25) is 5.91 Å². The van der Waals surface area contributed by atoms with Gasteiger partial charge in [-0.25, -0.2) is 9.97 Å². The summed E-state index contributed by atoms with van der Waals surface area (Å²) in [5.41, 5.74) is 1.89. The lowest BCUT2D eigenvalue weighted by Crippen LogP contribution is -2.32. The smallest absolute Gasteiger partial charge is 0.227 e. The first-order valence-corrected chi connectivity index (χ1v) is 9.82. The Kier molecular flexibility index (Phi) is 5.19. The number of carbonyl (C=O) groups excluding carboxylic acids is 1. The third kappa shape index (κ3) is 3.67. The van der Waals surface area contributed by atoms with Gasteiger partial charge in [0.05, 0.1) is 18.2 Å². The van der Waals surface area contributed by atoms with Gasteiger partial charge in [0.25, 0.3) is 0 Å². The number of imidazole rings is 1. The molecule has 0 aliphatic carbocycles. The summed E-state index contributed by atoms with van der Waals surface area (Å²) in [4.78, 5) is 28.3. The molecule has 1 saturated heterocycles. The summed E-state index contributed by atoms with van der Waals surface area (Å²) in [5.74, 6) is 2.28. The summed E-state index contributed by atoms with van der Waals surface area (Å²) in [5, 5.41) is 0. The number of likely N-dealkylation sites (tertiary alicyclic amines) is 1. The van der Waals surface area contributed by atoms with Crippen LogP contribution in [0.15, 0.2) is 55.1 Å². The monoisotopic (exact) mass is 375 g/mol. The van der Waals surface area contributed by atoms with Gasteiger partial charge < -0.3 is 4.90 Å². The molecule has 1 fully saturated rings. The molecule has 1 amide bonds. The number of hydrogen-bond acceptors (Lipinski definition) is 4. The minimum atomic E-state index is 0.0233. The Morgan fingerprint density at radius 1 is 1.21 bits per heavy atom. The fourth-order valence-corrected chi connectivity index (χ4v) is 3.85. The Bertz CT molecular complexity index is 950. The normalized spacial score (nSPS) is 16.7. The molecular weight excluding hydrogens is 350 g/mol. The number of carbonyl (C=O) groups is 1. The van der Waals surface area contributed by atoms with Gasteiger partial charge in [-0.3, -0.25) is 14.3 Å². The standard InChI is InChI=1S/C22H25N5O/c1-16(2)22-24-11-13-27(22)20-9-3-7-18(25-20)19-8-5-12-26(19)21(28)14-17-6-4-10-23-15-17/h3-4,6-7,9-11,13,15-16,19H,5,8,12,14H2,1-2H3/t19-/m1/s1. The first-order chi connectivity index (χ1) is 13.6. The van der Waals surface area contributed by atoms with Gasteiger partial charge in [-0.1, -0.05) is 26.0 Å². The van der Waals surface area contributed by atoms with Crippen molar-refractivity contribution < 1.29 is 4.79 Å². The lowest BCUT2D eigenvalue weighted by Gasteiger charge is -2.25. The minimum absolute atomic E-state index is 0.0233. The molecule has 6 heteroatoms. The molecular formula is C22H25N5O. The van der Waals surface area contributed by atoms with E-state index >= 15 is 0 Å². The van der Waals surface area contributed by atoms with Crippen LogP contribution in [0.2, 0.25) is 0 Å². The van der Waals surface area contributed by atoms with E-state index in [1.165, 1.54) is 0 Å². The summed E-state index contributed by atoms with van der Waals surface area (Å²) < 4.78 is 2.03. The van der Waals surface area contributed by atoms with Gasteiger partial charge in [0, 0.05) is 37.3 Å². The molecule has 1 aliphatic rings. The molecule has 3 aromatic heterocycles. The van der Waals surface area contributed by atoms with E-state index in [1.807, 2.05) is 52.2 Å². The van der Waals surface area contributed by atoms with E-state index in [0.29, 0.717) is 12.3 Å². The highest BCUT2D eigenvalue weighted by Crippen LogP contribution is 2.32. The van der Waals surface area contributed by atoms with Crippen molar-refractivity contribution in [3.05, 3.63) is 72.2 Å². The maximum Gasteiger partial charge on any atom is 0.227 e. The zero-order valence-electron chi connectivity index (χ0n) is 16.3. The Balaban J connectivity index is 1.58. The van der Waals surface area contributed by atoms with Crippen molar-refractivity contribution in [2.45, 2.75) is 45.1 Å². The van der Waals surface area contributed by atoms with E-state index in [2.05, 4.69) is 23.8 Å². The van der Waals surface area contributed by atoms with Crippen LogP contribution in [-0.4, -0.2) is 36.9 Å². The molecule has 0 aromatic carbocycles. The maximum absolute atomic E-state index is 12.9. The molecule has 0 radical (unpaired) electrons. The summed E-state index contributed by atoms with van der Waals surface area (Å²) in [6, 6.07) is 9.87. The summed E-state index contributed by atoms with van der Waals surface area (Å²) in [6.07, 6.45) is 9.55. The lowest BCUT2D eigenvalue weighted by atomic mass is 10.1. The van der Waals surface area contributed by atoms with E-state index in [9.17, 15) is 4.79 Å². The van der Waals surface area contributed by atoms with Crippen molar-refractivity contribution in [1.29, 1.82) is 0 Å². The summed E-state index contributed by atoms with van der Waals surface area (Å²) >= 11 is 0. The van der Waals surface area contributed by atoms with Crippen LogP contribution in [0.1, 0.15) is 55.7 Å². The van der Waals surface area contributed by atoms with Crippen LogP contribution in [0.4, 0.5) is 0 Å². The van der Waals surface area contributed by atoms with E-state index in [-0.39, 0.29) is 11.9 Å². The zero-order chi connectivity index (χ0) is 19.5. The number of pyridine rings is 2. The van der Waals surface area contributed by atoms with Crippen molar-refractivity contribution in [2.75, 3.05) is 6.54 Å². The van der Waals surface area contributed by atoms with Crippen LogP contribution in [0.3, 0.4) is 0 Å². The topological polar surface area (TPSA) is 63.9 Å². The van der Waals surface area contributed by atoms with E-state index < -0.39 is 0 Å². The predicted molar refractivity (Wildman–Crippen MR) is 107 cm³/mol. The molecule has 0 N–H and O–H groups in total. The van der Waals surface area contributed by atoms with Crippen molar-refractivity contribution in [3.8, 4) is 5.82 Å². The second-order valence-corrected chi connectivity index (χ2v) is 7.51. The SMILES string of the molecule is CC(C)c1nccn1-c1cccc([C@H]2CCCN2C(=O)Cc2cccnc2)n1. The van der Waals surface area contributed by atoms with Crippen LogP contribution in [0.25, 0.3) is 5.82 Å². The molecule has 4 heterocycles. The molecule has 1 atom stereocenters. The van der Waals surface area contributed by atoms with Crippen LogP contribution >= 0.6 is 0 Å². The van der Waals surface area contributed by atoms with Gasteiger partial charge in [-0.2, -0.15) is 0 Å². The van der Waals surface area contributed by atoms with Crippen molar-refractivity contribution in [3.63, 3.8) is 0 Å². The van der Waals surface area contributed by atoms with Crippen LogP contribution < -0.4 is 0 Å².